The lowest BCUT2D eigenvalue weighted by atomic mass is 10.2. The Morgan fingerprint density at radius 2 is 1.96 bits per heavy atom. The van der Waals surface area contributed by atoms with Crippen molar-refractivity contribution in [2.45, 2.75) is 6.92 Å². The SMILES string of the molecule is Cc1cc(C(=O)N2CCOCC2)nc(Nc2ccc(F)cc2F)n1. The Balaban J connectivity index is 1.84. The standard InChI is InChI=1S/C16H16F2N4O2/c1-10-8-14(15(23)22-4-6-24-7-5-22)21-16(19-10)20-13-3-2-11(17)9-12(13)18/h2-3,8-9H,4-7H2,1H3,(H,19,20,21). The van der Waals surface area contributed by atoms with E-state index in [0.717, 1.165) is 12.1 Å². The second kappa shape index (κ2) is 6.88. The summed E-state index contributed by atoms with van der Waals surface area (Å²) in [4.78, 5) is 22.4. The van der Waals surface area contributed by atoms with Crippen molar-refractivity contribution >= 4 is 17.5 Å². The van der Waals surface area contributed by atoms with Crippen molar-refractivity contribution in [3.63, 3.8) is 0 Å². The number of morpholine rings is 1. The molecule has 0 unspecified atom stereocenters. The number of carbonyl (C=O) groups is 1. The Labute approximate surface area is 137 Å². The smallest absolute Gasteiger partial charge is 0.272 e. The number of halogens is 2. The van der Waals surface area contributed by atoms with Crippen LogP contribution in [0.1, 0.15) is 16.2 Å². The molecule has 2 heterocycles. The zero-order valence-corrected chi connectivity index (χ0v) is 13.1. The van der Waals surface area contributed by atoms with Gasteiger partial charge >= 0.3 is 0 Å². The number of aromatic nitrogens is 2. The topological polar surface area (TPSA) is 67.4 Å². The van der Waals surface area contributed by atoms with Gasteiger partial charge in [0, 0.05) is 24.8 Å². The Morgan fingerprint density at radius 1 is 1.21 bits per heavy atom. The number of nitrogens with one attached hydrogen (secondary N) is 1. The quantitative estimate of drug-likeness (QED) is 0.933. The summed E-state index contributed by atoms with van der Waals surface area (Å²) < 4.78 is 31.9. The number of anilines is 2. The van der Waals surface area contributed by atoms with Crippen LogP contribution in [0.15, 0.2) is 24.3 Å². The normalized spacial score (nSPS) is 14.5. The van der Waals surface area contributed by atoms with E-state index >= 15 is 0 Å². The molecule has 1 aliphatic heterocycles. The fraction of sp³-hybridized carbons (Fsp3) is 0.312. The van der Waals surface area contributed by atoms with E-state index in [0.29, 0.717) is 32.0 Å². The zero-order valence-electron chi connectivity index (χ0n) is 13.1. The molecule has 1 N–H and O–H groups in total. The van der Waals surface area contributed by atoms with Crippen molar-refractivity contribution in [2.75, 3.05) is 31.6 Å². The molecule has 1 aromatic heterocycles. The number of hydrogen-bond acceptors (Lipinski definition) is 5. The van der Waals surface area contributed by atoms with E-state index in [-0.39, 0.29) is 23.2 Å². The summed E-state index contributed by atoms with van der Waals surface area (Å²) in [6.45, 7) is 3.68. The molecule has 1 aliphatic rings. The number of aryl methyl sites for hydroxylation is 1. The monoisotopic (exact) mass is 334 g/mol. The van der Waals surface area contributed by atoms with Crippen LogP contribution in [0.4, 0.5) is 20.4 Å². The van der Waals surface area contributed by atoms with Crippen molar-refractivity contribution < 1.29 is 18.3 Å². The summed E-state index contributed by atoms with van der Waals surface area (Å²) in [6, 6.07) is 4.71. The van der Waals surface area contributed by atoms with Crippen LogP contribution in [0.2, 0.25) is 0 Å². The van der Waals surface area contributed by atoms with Gasteiger partial charge in [-0.1, -0.05) is 0 Å². The molecule has 3 rings (SSSR count). The van der Waals surface area contributed by atoms with Gasteiger partial charge in [0.15, 0.2) is 0 Å². The van der Waals surface area contributed by atoms with Gasteiger partial charge in [-0.2, -0.15) is 0 Å². The van der Waals surface area contributed by atoms with E-state index < -0.39 is 11.6 Å². The van der Waals surface area contributed by atoms with E-state index in [1.54, 1.807) is 17.9 Å². The third-order valence-corrected chi connectivity index (χ3v) is 3.55. The summed E-state index contributed by atoms with van der Waals surface area (Å²) in [6.07, 6.45) is 0. The highest BCUT2D eigenvalue weighted by atomic mass is 19.1. The van der Waals surface area contributed by atoms with Crippen LogP contribution >= 0.6 is 0 Å². The minimum atomic E-state index is -0.763. The van der Waals surface area contributed by atoms with Crippen molar-refractivity contribution in [2.24, 2.45) is 0 Å². The minimum Gasteiger partial charge on any atom is -0.378 e. The van der Waals surface area contributed by atoms with E-state index in [9.17, 15) is 13.6 Å². The van der Waals surface area contributed by atoms with Gasteiger partial charge in [0.25, 0.3) is 5.91 Å². The molecule has 126 valence electrons. The maximum Gasteiger partial charge on any atom is 0.272 e. The van der Waals surface area contributed by atoms with Crippen LogP contribution in [0.25, 0.3) is 0 Å². The first-order valence-electron chi connectivity index (χ1n) is 7.48. The molecular formula is C16H16F2N4O2. The first kappa shape index (κ1) is 16.3. The van der Waals surface area contributed by atoms with Crippen LogP contribution in [0.3, 0.4) is 0 Å². The summed E-state index contributed by atoms with van der Waals surface area (Å²) in [5.74, 6) is -1.59. The number of benzene rings is 1. The van der Waals surface area contributed by atoms with Gasteiger partial charge in [-0.15, -0.1) is 0 Å². The van der Waals surface area contributed by atoms with Crippen molar-refractivity contribution in [1.82, 2.24) is 14.9 Å². The van der Waals surface area contributed by atoms with Crippen molar-refractivity contribution in [3.05, 3.63) is 47.3 Å². The molecule has 0 aliphatic carbocycles. The molecule has 0 radical (unpaired) electrons. The zero-order chi connectivity index (χ0) is 17.1. The average Bonchev–Trinajstić information content (AvgIpc) is 2.57. The number of nitrogens with zero attached hydrogens (tertiary/aromatic N) is 3. The van der Waals surface area contributed by atoms with E-state index in [4.69, 9.17) is 4.74 Å². The van der Waals surface area contributed by atoms with Crippen LogP contribution in [-0.2, 0) is 4.74 Å². The van der Waals surface area contributed by atoms with Crippen LogP contribution in [-0.4, -0.2) is 47.1 Å². The number of carbonyl (C=O) groups excluding carboxylic acids is 1. The third-order valence-electron chi connectivity index (χ3n) is 3.55. The molecule has 0 bridgehead atoms. The van der Waals surface area contributed by atoms with Gasteiger partial charge in [-0.3, -0.25) is 4.79 Å². The molecule has 0 spiro atoms. The van der Waals surface area contributed by atoms with Crippen molar-refractivity contribution in [1.29, 1.82) is 0 Å². The predicted molar refractivity (Wildman–Crippen MR) is 83.1 cm³/mol. The van der Waals surface area contributed by atoms with Gasteiger partial charge in [0.2, 0.25) is 5.95 Å². The first-order valence-corrected chi connectivity index (χ1v) is 7.48. The number of amides is 1. The lowest BCUT2D eigenvalue weighted by Gasteiger charge is -2.26. The Bertz CT molecular complexity index is 764. The molecule has 0 atom stereocenters. The lowest BCUT2D eigenvalue weighted by molar-refractivity contribution is 0.0299. The highest BCUT2D eigenvalue weighted by Gasteiger charge is 2.21. The molecule has 8 heteroatoms. The third kappa shape index (κ3) is 3.65. The average molecular weight is 334 g/mol. The predicted octanol–water partition coefficient (Wildman–Crippen LogP) is 2.28. The molecule has 2 aromatic rings. The number of rotatable bonds is 3. The van der Waals surface area contributed by atoms with Gasteiger partial charge < -0.3 is 15.0 Å². The molecule has 1 aromatic carbocycles. The van der Waals surface area contributed by atoms with Crippen LogP contribution in [0, 0.1) is 18.6 Å². The first-order chi connectivity index (χ1) is 11.5. The van der Waals surface area contributed by atoms with Gasteiger partial charge in [0.1, 0.15) is 17.3 Å². The largest absolute Gasteiger partial charge is 0.378 e. The molecule has 0 saturated carbocycles. The molecule has 1 fully saturated rings. The second-order valence-corrected chi connectivity index (χ2v) is 5.37. The maximum atomic E-state index is 13.7. The van der Waals surface area contributed by atoms with E-state index in [1.165, 1.54) is 6.07 Å². The Hall–Kier alpha value is -2.61. The van der Waals surface area contributed by atoms with Gasteiger partial charge in [-0.05, 0) is 25.1 Å². The van der Waals surface area contributed by atoms with Gasteiger partial charge in [0.05, 0.1) is 18.9 Å². The molecular weight excluding hydrogens is 318 g/mol. The summed E-state index contributed by atoms with van der Waals surface area (Å²) in [5.41, 5.74) is 0.813. The summed E-state index contributed by atoms with van der Waals surface area (Å²) in [7, 11) is 0. The molecule has 24 heavy (non-hydrogen) atoms. The number of hydrogen-bond donors (Lipinski definition) is 1. The highest BCUT2D eigenvalue weighted by Crippen LogP contribution is 2.19. The second-order valence-electron chi connectivity index (χ2n) is 5.37. The minimum absolute atomic E-state index is 0.0340. The molecule has 6 nitrogen and oxygen atoms in total. The maximum absolute atomic E-state index is 13.7. The van der Waals surface area contributed by atoms with Crippen LogP contribution in [0.5, 0.6) is 0 Å². The fourth-order valence-electron chi connectivity index (χ4n) is 2.37. The van der Waals surface area contributed by atoms with Gasteiger partial charge in [-0.25, -0.2) is 18.7 Å². The lowest BCUT2D eigenvalue weighted by Crippen LogP contribution is -2.41. The van der Waals surface area contributed by atoms with E-state index in [2.05, 4.69) is 15.3 Å². The summed E-state index contributed by atoms with van der Waals surface area (Å²) >= 11 is 0. The summed E-state index contributed by atoms with van der Waals surface area (Å²) in [5, 5.41) is 2.68. The van der Waals surface area contributed by atoms with Crippen LogP contribution < -0.4 is 5.32 Å². The Kier molecular flexibility index (Phi) is 4.66. The molecule has 1 saturated heterocycles. The van der Waals surface area contributed by atoms with E-state index in [1.807, 2.05) is 0 Å². The highest BCUT2D eigenvalue weighted by molar-refractivity contribution is 5.92. The van der Waals surface area contributed by atoms with Crippen molar-refractivity contribution in [3.8, 4) is 0 Å². The Morgan fingerprint density at radius 3 is 2.67 bits per heavy atom. The number of ether oxygens (including phenoxy) is 1. The fourth-order valence-corrected chi connectivity index (χ4v) is 2.37. The molecule has 1 amide bonds.